The Morgan fingerprint density at radius 1 is 1.00 bits per heavy atom. The van der Waals surface area contributed by atoms with E-state index in [1.54, 1.807) is 18.2 Å². The number of methoxy groups -OCH3 is 2. The summed E-state index contributed by atoms with van der Waals surface area (Å²) < 4.78 is 10.5. The predicted octanol–water partition coefficient (Wildman–Crippen LogP) is 3.06. The van der Waals surface area contributed by atoms with Gasteiger partial charge in [0, 0.05) is 44.4 Å². The first-order valence-electron chi connectivity index (χ1n) is 11.9. The van der Waals surface area contributed by atoms with Gasteiger partial charge in [0.05, 0.1) is 25.9 Å². The molecular formula is C27H34N4O4. The lowest BCUT2D eigenvalue weighted by Crippen LogP contribution is -2.52. The number of ether oxygens (including phenoxy) is 2. The zero-order valence-corrected chi connectivity index (χ0v) is 20.9. The van der Waals surface area contributed by atoms with Crippen LogP contribution in [-0.2, 0) is 11.3 Å². The number of hydrogen-bond acceptors (Lipinski definition) is 6. The molecule has 0 spiro atoms. The number of nitrogens with one attached hydrogen (secondary N) is 1. The summed E-state index contributed by atoms with van der Waals surface area (Å²) in [6.45, 7) is 7.52. The first-order valence-corrected chi connectivity index (χ1v) is 11.9. The molecule has 186 valence electrons. The Labute approximate surface area is 207 Å². The van der Waals surface area contributed by atoms with E-state index in [0.29, 0.717) is 35.7 Å². The standard InChI is InChI=1S/C27H34N4O4/c1-19(2)25(29-26(32)22-14-23(34-3)16-24(15-22)35-4)27(33)31-11-5-10-30(12-13-31)18-21-8-6-20(17-28)7-9-21/h6-9,14-16,19,25H,5,10-13,18H2,1-4H3,(H,29,32). The Kier molecular flexibility index (Phi) is 9.10. The monoisotopic (exact) mass is 478 g/mol. The van der Waals surface area contributed by atoms with Crippen molar-refractivity contribution in [2.75, 3.05) is 40.4 Å². The van der Waals surface area contributed by atoms with Gasteiger partial charge in [0.15, 0.2) is 0 Å². The summed E-state index contributed by atoms with van der Waals surface area (Å²) in [4.78, 5) is 30.7. The highest BCUT2D eigenvalue weighted by Crippen LogP contribution is 2.23. The van der Waals surface area contributed by atoms with Crippen LogP contribution in [0.15, 0.2) is 42.5 Å². The molecule has 1 saturated heterocycles. The van der Waals surface area contributed by atoms with E-state index < -0.39 is 6.04 Å². The second kappa shape index (κ2) is 12.2. The lowest BCUT2D eigenvalue weighted by atomic mass is 10.0. The third kappa shape index (κ3) is 6.96. The molecule has 1 aliphatic rings. The number of amides is 2. The third-order valence-corrected chi connectivity index (χ3v) is 6.22. The third-order valence-electron chi connectivity index (χ3n) is 6.22. The molecule has 0 radical (unpaired) electrons. The van der Waals surface area contributed by atoms with Crippen LogP contribution in [0.5, 0.6) is 11.5 Å². The lowest BCUT2D eigenvalue weighted by molar-refractivity contribution is -0.134. The summed E-state index contributed by atoms with van der Waals surface area (Å²) >= 11 is 0. The average molecular weight is 479 g/mol. The Hall–Kier alpha value is -3.57. The second-order valence-electron chi connectivity index (χ2n) is 9.06. The van der Waals surface area contributed by atoms with E-state index in [4.69, 9.17) is 14.7 Å². The summed E-state index contributed by atoms with van der Waals surface area (Å²) in [5, 5.41) is 11.9. The number of hydrogen-bond donors (Lipinski definition) is 1. The van der Waals surface area contributed by atoms with Crippen LogP contribution in [0.3, 0.4) is 0 Å². The van der Waals surface area contributed by atoms with Crippen LogP contribution >= 0.6 is 0 Å². The SMILES string of the molecule is COc1cc(OC)cc(C(=O)NC(C(=O)N2CCCN(Cc3ccc(C#N)cc3)CC2)C(C)C)c1. The quantitative estimate of drug-likeness (QED) is 0.627. The van der Waals surface area contributed by atoms with Gasteiger partial charge >= 0.3 is 0 Å². The highest BCUT2D eigenvalue weighted by Gasteiger charge is 2.30. The van der Waals surface area contributed by atoms with E-state index >= 15 is 0 Å². The van der Waals surface area contributed by atoms with Crippen LogP contribution in [0.25, 0.3) is 0 Å². The molecule has 35 heavy (non-hydrogen) atoms. The first-order chi connectivity index (χ1) is 16.8. The second-order valence-corrected chi connectivity index (χ2v) is 9.06. The minimum atomic E-state index is -0.634. The van der Waals surface area contributed by atoms with Gasteiger partial charge in [0.1, 0.15) is 17.5 Å². The fourth-order valence-corrected chi connectivity index (χ4v) is 4.17. The highest BCUT2D eigenvalue weighted by molar-refractivity contribution is 5.98. The molecule has 2 aromatic rings. The van der Waals surface area contributed by atoms with Gasteiger partial charge in [-0.3, -0.25) is 14.5 Å². The van der Waals surface area contributed by atoms with Crippen LogP contribution in [0.2, 0.25) is 0 Å². The Balaban J connectivity index is 1.64. The molecule has 2 aromatic carbocycles. The van der Waals surface area contributed by atoms with E-state index in [-0.39, 0.29) is 17.7 Å². The molecule has 1 unspecified atom stereocenters. The molecule has 0 aromatic heterocycles. The molecule has 0 aliphatic carbocycles. The smallest absolute Gasteiger partial charge is 0.252 e. The highest BCUT2D eigenvalue weighted by atomic mass is 16.5. The maximum absolute atomic E-state index is 13.5. The number of carbonyl (C=O) groups is 2. The minimum Gasteiger partial charge on any atom is -0.497 e. The van der Waals surface area contributed by atoms with Crippen molar-refractivity contribution in [1.29, 1.82) is 5.26 Å². The lowest BCUT2D eigenvalue weighted by Gasteiger charge is -2.29. The number of rotatable bonds is 8. The minimum absolute atomic E-state index is 0.0663. The van der Waals surface area contributed by atoms with E-state index in [2.05, 4.69) is 16.3 Å². The molecule has 2 amide bonds. The van der Waals surface area contributed by atoms with Gasteiger partial charge in [-0.25, -0.2) is 0 Å². The molecular weight excluding hydrogens is 444 g/mol. The van der Waals surface area contributed by atoms with Crippen LogP contribution < -0.4 is 14.8 Å². The maximum atomic E-state index is 13.5. The van der Waals surface area contributed by atoms with Crippen molar-refractivity contribution in [1.82, 2.24) is 15.1 Å². The Morgan fingerprint density at radius 3 is 2.23 bits per heavy atom. The number of benzene rings is 2. The molecule has 0 saturated carbocycles. The zero-order valence-electron chi connectivity index (χ0n) is 20.9. The van der Waals surface area contributed by atoms with Crippen LogP contribution in [0.1, 0.15) is 41.8 Å². The summed E-state index contributed by atoms with van der Waals surface area (Å²) in [5.41, 5.74) is 2.17. The largest absolute Gasteiger partial charge is 0.497 e. The number of nitriles is 1. The molecule has 0 bridgehead atoms. The Morgan fingerprint density at radius 2 is 1.66 bits per heavy atom. The van der Waals surface area contributed by atoms with Gasteiger partial charge in [0.2, 0.25) is 5.91 Å². The van der Waals surface area contributed by atoms with Gasteiger partial charge in [-0.2, -0.15) is 5.26 Å². The first kappa shape index (κ1) is 26.0. The normalized spacial score (nSPS) is 15.1. The zero-order chi connectivity index (χ0) is 25.4. The number of carbonyl (C=O) groups excluding carboxylic acids is 2. The van der Waals surface area contributed by atoms with Crippen molar-refractivity contribution in [3.05, 3.63) is 59.2 Å². The van der Waals surface area contributed by atoms with Crippen LogP contribution in [0, 0.1) is 17.2 Å². The predicted molar refractivity (Wildman–Crippen MR) is 133 cm³/mol. The van der Waals surface area contributed by atoms with Gasteiger partial charge in [-0.15, -0.1) is 0 Å². The van der Waals surface area contributed by atoms with Gasteiger partial charge in [0.25, 0.3) is 5.91 Å². The molecule has 8 nitrogen and oxygen atoms in total. The number of nitrogens with zero attached hydrogens (tertiary/aromatic N) is 3. The van der Waals surface area contributed by atoms with E-state index in [0.717, 1.165) is 31.6 Å². The fraction of sp³-hybridized carbons (Fsp3) is 0.444. The molecule has 1 heterocycles. The van der Waals surface area contributed by atoms with Gasteiger partial charge in [-0.05, 0) is 42.2 Å². The van der Waals surface area contributed by atoms with Crippen molar-refractivity contribution < 1.29 is 19.1 Å². The van der Waals surface area contributed by atoms with Gasteiger partial charge < -0.3 is 19.7 Å². The fourth-order valence-electron chi connectivity index (χ4n) is 4.17. The molecule has 8 heteroatoms. The van der Waals surface area contributed by atoms with Gasteiger partial charge in [-0.1, -0.05) is 26.0 Å². The van der Waals surface area contributed by atoms with Crippen LogP contribution in [-0.4, -0.2) is 68.1 Å². The Bertz CT molecular complexity index is 1040. The van der Waals surface area contributed by atoms with E-state index in [9.17, 15) is 9.59 Å². The van der Waals surface area contributed by atoms with Crippen LogP contribution in [0.4, 0.5) is 0 Å². The average Bonchev–Trinajstić information content (AvgIpc) is 3.12. The van der Waals surface area contributed by atoms with Crippen molar-refractivity contribution in [2.45, 2.75) is 32.9 Å². The van der Waals surface area contributed by atoms with Crippen molar-refractivity contribution in [3.63, 3.8) is 0 Å². The maximum Gasteiger partial charge on any atom is 0.252 e. The summed E-state index contributed by atoms with van der Waals surface area (Å²) in [5.74, 6) is 0.542. The summed E-state index contributed by atoms with van der Waals surface area (Å²) in [6.07, 6.45) is 0.855. The molecule has 1 atom stereocenters. The molecule has 1 aliphatic heterocycles. The summed E-state index contributed by atoms with van der Waals surface area (Å²) in [7, 11) is 3.06. The van der Waals surface area contributed by atoms with Crippen molar-refractivity contribution in [3.8, 4) is 17.6 Å². The van der Waals surface area contributed by atoms with Crippen molar-refractivity contribution >= 4 is 11.8 Å². The van der Waals surface area contributed by atoms with E-state index in [1.807, 2.05) is 43.0 Å². The molecule has 3 rings (SSSR count). The van der Waals surface area contributed by atoms with E-state index in [1.165, 1.54) is 14.2 Å². The summed E-state index contributed by atoms with van der Waals surface area (Å²) in [6, 6.07) is 14.1. The van der Waals surface area contributed by atoms with Crippen molar-refractivity contribution in [2.24, 2.45) is 5.92 Å². The molecule has 1 N–H and O–H groups in total. The molecule has 1 fully saturated rings. The topological polar surface area (TPSA) is 94.9 Å².